The topological polar surface area (TPSA) is 43.1 Å². The van der Waals surface area contributed by atoms with E-state index in [1.807, 2.05) is 12.1 Å². The van der Waals surface area contributed by atoms with Gasteiger partial charge in [-0.15, -0.1) is 0 Å². The van der Waals surface area contributed by atoms with Crippen molar-refractivity contribution in [3.8, 4) is 0 Å². The van der Waals surface area contributed by atoms with Crippen molar-refractivity contribution in [1.29, 1.82) is 0 Å². The van der Waals surface area contributed by atoms with E-state index >= 15 is 0 Å². The number of nitrogens with zero attached hydrogens (tertiary/aromatic N) is 1. The van der Waals surface area contributed by atoms with Gasteiger partial charge in [-0.3, -0.25) is 4.79 Å². The minimum atomic E-state index is 0.0681. The average Bonchev–Trinajstić information content (AvgIpc) is 2.60. The molecule has 16 heavy (non-hydrogen) atoms. The quantitative estimate of drug-likeness (QED) is 0.741. The van der Waals surface area contributed by atoms with Crippen molar-refractivity contribution >= 4 is 16.8 Å². The van der Waals surface area contributed by atoms with Gasteiger partial charge in [0.1, 0.15) is 0 Å². The van der Waals surface area contributed by atoms with Crippen LogP contribution in [0.25, 0.3) is 11.0 Å². The molecule has 1 heterocycles. The summed E-state index contributed by atoms with van der Waals surface area (Å²) < 4.78 is 5.22. The lowest BCUT2D eigenvalue weighted by Gasteiger charge is -2.00. The van der Waals surface area contributed by atoms with Gasteiger partial charge in [-0.25, -0.2) is 0 Å². The van der Waals surface area contributed by atoms with Crippen molar-refractivity contribution in [1.82, 2.24) is 5.16 Å². The number of carbonyl (C=O) groups is 1. The van der Waals surface area contributed by atoms with Crippen molar-refractivity contribution in [2.45, 2.75) is 27.2 Å². The summed E-state index contributed by atoms with van der Waals surface area (Å²) in [5, 5.41) is 5.01. The zero-order valence-electron chi connectivity index (χ0n) is 9.78. The molecule has 0 radical (unpaired) electrons. The van der Waals surface area contributed by atoms with E-state index in [1.54, 1.807) is 13.0 Å². The highest BCUT2D eigenvalue weighted by Gasteiger charge is 2.11. The van der Waals surface area contributed by atoms with Crippen molar-refractivity contribution < 1.29 is 9.32 Å². The van der Waals surface area contributed by atoms with Gasteiger partial charge in [0.15, 0.2) is 11.4 Å². The summed E-state index contributed by atoms with van der Waals surface area (Å²) >= 11 is 0. The molecule has 2 rings (SSSR count). The zero-order chi connectivity index (χ0) is 11.7. The number of carbonyl (C=O) groups excluding carboxylic acids is 1. The average molecular weight is 217 g/mol. The lowest BCUT2D eigenvalue weighted by molar-refractivity contribution is 0.101. The Kier molecular flexibility index (Phi) is 2.77. The van der Waals surface area contributed by atoms with Gasteiger partial charge >= 0.3 is 0 Å². The zero-order valence-corrected chi connectivity index (χ0v) is 9.78. The van der Waals surface area contributed by atoms with Crippen LogP contribution in [0.1, 0.15) is 36.8 Å². The molecule has 1 aromatic heterocycles. The maximum absolute atomic E-state index is 11.3. The fraction of sp³-hybridized carbons (Fsp3) is 0.385. The summed E-state index contributed by atoms with van der Waals surface area (Å²) in [7, 11) is 0. The number of hydrogen-bond donors (Lipinski definition) is 0. The Balaban J connectivity index is 2.51. The highest BCUT2D eigenvalue weighted by Crippen LogP contribution is 2.22. The molecule has 0 N–H and O–H groups in total. The Morgan fingerprint density at radius 2 is 2.19 bits per heavy atom. The molecular weight excluding hydrogens is 202 g/mol. The van der Waals surface area contributed by atoms with Crippen molar-refractivity contribution in [2.75, 3.05) is 0 Å². The first-order chi connectivity index (χ1) is 7.58. The largest absolute Gasteiger partial charge is 0.356 e. The van der Waals surface area contributed by atoms with Crippen LogP contribution in [-0.4, -0.2) is 10.9 Å². The Bertz CT molecular complexity index is 526. The number of Topliss-reactive ketones (excluding diaryl/α,β-unsaturated/α-hetero) is 1. The van der Waals surface area contributed by atoms with E-state index in [1.165, 1.54) is 0 Å². The fourth-order valence-electron chi connectivity index (χ4n) is 1.74. The molecule has 0 unspecified atom stereocenters. The van der Waals surface area contributed by atoms with E-state index in [0.29, 0.717) is 11.5 Å². The molecule has 3 nitrogen and oxygen atoms in total. The third kappa shape index (κ3) is 1.98. The second-order valence-electron chi connectivity index (χ2n) is 4.49. The van der Waals surface area contributed by atoms with Crippen molar-refractivity contribution in [3.63, 3.8) is 0 Å². The predicted molar refractivity (Wildman–Crippen MR) is 62.6 cm³/mol. The van der Waals surface area contributed by atoms with E-state index in [4.69, 9.17) is 4.52 Å². The molecule has 0 aliphatic heterocycles. The highest BCUT2D eigenvalue weighted by atomic mass is 16.5. The van der Waals surface area contributed by atoms with Crippen LogP contribution in [0.4, 0.5) is 0 Å². The van der Waals surface area contributed by atoms with Gasteiger partial charge in [-0.05, 0) is 37.5 Å². The van der Waals surface area contributed by atoms with Crippen LogP contribution in [0.3, 0.4) is 0 Å². The number of benzene rings is 1. The molecule has 0 saturated carbocycles. The van der Waals surface area contributed by atoms with Gasteiger partial charge in [0.2, 0.25) is 0 Å². The van der Waals surface area contributed by atoms with Crippen molar-refractivity contribution in [3.05, 3.63) is 29.5 Å². The summed E-state index contributed by atoms with van der Waals surface area (Å²) in [6, 6.07) is 5.45. The molecular formula is C13H15NO2. The van der Waals surface area contributed by atoms with Crippen LogP contribution in [0, 0.1) is 5.92 Å². The van der Waals surface area contributed by atoms with E-state index in [-0.39, 0.29) is 5.78 Å². The smallest absolute Gasteiger partial charge is 0.167 e. The van der Waals surface area contributed by atoms with E-state index in [0.717, 1.165) is 23.1 Å². The predicted octanol–water partition coefficient (Wildman–Crippen LogP) is 3.23. The monoisotopic (exact) mass is 217 g/mol. The van der Waals surface area contributed by atoms with Crippen LogP contribution >= 0.6 is 0 Å². The number of hydrogen-bond acceptors (Lipinski definition) is 3. The molecule has 0 bridgehead atoms. The molecule has 1 aromatic carbocycles. The van der Waals surface area contributed by atoms with Gasteiger partial charge in [-0.1, -0.05) is 19.0 Å². The first kappa shape index (κ1) is 10.9. The first-order valence-corrected chi connectivity index (χ1v) is 5.47. The minimum absolute atomic E-state index is 0.0681. The van der Waals surface area contributed by atoms with Gasteiger partial charge in [-0.2, -0.15) is 0 Å². The van der Waals surface area contributed by atoms with E-state index in [9.17, 15) is 4.79 Å². The number of fused-ring (bicyclic) bond motifs is 1. The number of aromatic nitrogens is 1. The second-order valence-corrected chi connectivity index (χ2v) is 4.49. The summed E-state index contributed by atoms with van der Waals surface area (Å²) in [4.78, 5) is 11.3. The van der Waals surface area contributed by atoms with Crippen LogP contribution in [0.2, 0.25) is 0 Å². The molecule has 0 aliphatic rings. The van der Waals surface area contributed by atoms with Crippen LogP contribution < -0.4 is 0 Å². The van der Waals surface area contributed by atoms with Crippen LogP contribution in [0.15, 0.2) is 22.7 Å². The Labute approximate surface area is 94.4 Å². The summed E-state index contributed by atoms with van der Waals surface area (Å²) in [6.45, 7) is 5.83. The maximum Gasteiger partial charge on any atom is 0.167 e. The molecule has 0 saturated heterocycles. The van der Waals surface area contributed by atoms with Gasteiger partial charge in [0, 0.05) is 10.9 Å². The van der Waals surface area contributed by atoms with Gasteiger partial charge in [0.05, 0.1) is 5.69 Å². The Morgan fingerprint density at radius 1 is 1.44 bits per heavy atom. The molecule has 0 spiro atoms. The fourth-order valence-corrected chi connectivity index (χ4v) is 1.74. The lowest BCUT2D eigenvalue weighted by atomic mass is 10.0. The number of rotatable bonds is 3. The molecule has 84 valence electrons. The SMILES string of the molecule is CC(=O)c1ccc2onc(CC(C)C)c2c1. The molecule has 2 aromatic rings. The standard InChI is InChI=1S/C13H15NO2/c1-8(2)6-12-11-7-10(9(3)15)4-5-13(11)16-14-12/h4-5,7-8H,6H2,1-3H3. The molecule has 0 fully saturated rings. The molecule has 0 aliphatic carbocycles. The molecule has 0 atom stereocenters. The first-order valence-electron chi connectivity index (χ1n) is 5.47. The molecule has 0 amide bonds. The summed E-state index contributed by atoms with van der Waals surface area (Å²) in [5.74, 6) is 0.591. The molecule has 3 heteroatoms. The van der Waals surface area contributed by atoms with Gasteiger partial charge in [0.25, 0.3) is 0 Å². The van der Waals surface area contributed by atoms with E-state index in [2.05, 4.69) is 19.0 Å². The third-order valence-corrected chi connectivity index (χ3v) is 2.55. The van der Waals surface area contributed by atoms with Crippen molar-refractivity contribution in [2.24, 2.45) is 5.92 Å². The summed E-state index contributed by atoms with van der Waals surface area (Å²) in [6.07, 6.45) is 0.869. The van der Waals surface area contributed by atoms with Crippen LogP contribution in [-0.2, 0) is 6.42 Å². The second kappa shape index (κ2) is 4.08. The van der Waals surface area contributed by atoms with Crippen LogP contribution in [0.5, 0.6) is 0 Å². The van der Waals surface area contributed by atoms with E-state index < -0.39 is 0 Å². The normalized spacial score (nSPS) is 11.2. The Morgan fingerprint density at radius 3 is 2.81 bits per heavy atom. The number of ketones is 1. The highest BCUT2D eigenvalue weighted by molar-refractivity contribution is 5.97. The van der Waals surface area contributed by atoms with Gasteiger partial charge < -0.3 is 4.52 Å². The third-order valence-electron chi connectivity index (χ3n) is 2.55. The minimum Gasteiger partial charge on any atom is -0.356 e. The lowest BCUT2D eigenvalue weighted by Crippen LogP contribution is -1.95. The Hall–Kier alpha value is -1.64. The maximum atomic E-state index is 11.3. The summed E-state index contributed by atoms with van der Waals surface area (Å²) in [5.41, 5.74) is 2.40.